The van der Waals surface area contributed by atoms with Gasteiger partial charge in [0.1, 0.15) is 11.5 Å². The summed E-state index contributed by atoms with van der Waals surface area (Å²) in [5.41, 5.74) is 2.43. The van der Waals surface area contributed by atoms with Crippen LogP contribution in [0.15, 0.2) is 66.7 Å². The third kappa shape index (κ3) is 6.89. The molecule has 11 nitrogen and oxygen atoms in total. The number of rotatable bonds is 10. The first kappa shape index (κ1) is 29.1. The fourth-order valence-corrected chi connectivity index (χ4v) is 5.48. The third-order valence-electron chi connectivity index (χ3n) is 7.15. The third-order valence-corrected chi connectivity index (χ3v) is 7.90. The molecule has 1 saturated heterocycles. The molecule has 1 aliphatic rings. The Hall–Kier alpha value is -4.42. The second-order valence-corrected chi connectivity index (χ2v) is 11.1. The van der Waals surface area contributed by atoms with Crippen molar-refractivity contribution in [3.8, 4) is 11.5 Å². The molecule has 0 bridgehead atoms. The summed E-state index contributed by atoms with van der Waals surface area (Å²) in [4.78, 5) is 24.4. The number of thiol groups is 1. The monoisotopic (exact) mass is 590 g/mol. The minimum Gasteiger partial charge on any atom is -0.497 e. The zero-order valence-corrected chi connectivity index (χ0v) is 24.6. The lowest BCUT2D eigenvalue weighted by atomic mass is 9.99. The van der Waals surface area contributed by atoms with Gasteiger partial charge < -0.3 is 20.1 Å². The number of ether oxygens (including phenoxy) is 2. The Labute approximate surface area is 246 Å². The molecule has 1 fully saturated rings. The molecule has 220 valence electrons. The van der Waals surface area contributed by atoms with Crippen LogP contribution in [0.5, 0.6) is 11.5 Å². The van der Waals surface area contributed by atoms with Gasteiger partial charge in [-0.3, -0.25) is 9.69 Å². The first-order valence-electron chi connectivity index (χ1n) is 13.7. The molecule has 4 aromatic rings. The van der Waals surface area contributed by atoms with Gasteiger partial charge in [-0.25, -0.2) is 22.7 Å². The topological polar surface area (TPSA) is 126 Å². The van der Waals surface area contributed by atoms with Gasteiger partial charge in [-0.1, -0.05) is 25.1 Å². The lowest BCUT2D eigenvalue weighted by molar-refractivity contribution is -0.117. The summed E-state index contributed by atoms with van der Waals surface area (Å²) in [5, 5.41) is 6.11. The van der Waals surface area contributed by atoms with Crippen molar-refractivity contribution in [2.45, 2.75) is 19.8 Å². The number of carbonyl (C=O) groups excluding carboxylic acids is 1. The van der Waals surface area contributed by atoms with Gasteiger partial charge in [0.05, 0.1) is 37.5 Å². The average molecular weight is 591 g/mol. The Morgan fingerprint density at radius 2 is 1.60 bits per heavy atom. The molecule has 1 aliphatic heterocycles. The molecule has 2 heterocycles. The number of fused-ring (bicyclic) bond motifs is 1. The molecule has 2 N–H and O–H groups in total. The van der Waals surface area contributed by atoms with Crippen LogP contribution in [-0.4, -0.2) is 63.0 Å². The standard InChI is InChI=1S/C30H34N6O5S/c1-20-11-13-35(14-12-20)19-28(37)31-21-7-6-8-23(15-21)36(42(38)39)30-29(33-26-9-4-5-10-27(26)34-30)32-22-16-24(40-2)18-25(17-22)41-3/h4-10,15-18,20,42H,11-14,19H2,1-3H3,(H,31,37)(H,32,33). The summed E-state index contributed by atoms with van der Waals surface area (Å²) in [6.45, 7) is 4.28. The van der Waals surface area contributed by atoms with Crippen LogP contribution < -0.4 is 24.4 Å². The summed E-state index contributed by atoms with van der Waals surface area (Å²) < 4.78 is 37.5. The molecule has 12 heteroatoms. The minimum absolute atomic E-state index is 0.0671. The maximum Gasteiger partial charge on any atom is 0.238 e. The molecular weight excluding hydrogens is 556 g/mol. The molecule has 42 heavy (non-hydrogen) atoms. The molecule has 5 rings (SSSR count). The van der Waals surface area contributed by atoms with E-state index in [1.165, 1.54) is 0 Å². The van der Waals surface area contributed by atoms with Crippen molar-refractivity contribution >= 4 is 56.5 Å². The van der Waals surface area contributed by atoms with Crippen molar-refractivity contribution in [3.05, 3.63) is 66.7 Å². The number of benzene rings is 3. The normalized spacial score (nSPS) is 14.1. The number of methoxy groups -OCH3 is 2. The van der Waals surface area contributed by atoms with Gasteiger partial charge in [0, 0.05) is 29.6 Å². The fourth-order valence-electron chi connectivity index (χ4n) is 4.87. The van der Waals surface area contributed by atoms with Gasteiger partial charge in [0.25, 0.3) is 0 Å². The van der Waals surface area contributed by atoms with Crippen LogP contribution in [-0.2, 0) is 15.7 Å². The predicted molar refractivity (Wildman–Crippen MR) is 165 cm³/mol. The Bertz CT molecular complexity index is 1620. The summed E-state index contributed by atoms with van der Waals surface area (Å²) in [6, 6.07) is 19.1. The Balaban J connectivity index is 1.49. The van der Waals surface area contributed by atoms with Crippen molar-refractivity contribution in [1.29, 1.82) is 0 Å². The Morgan fingerprint density at radius 1 is 0.929 bits per heavy atom. The van der Waals surface area contributed by atoms with E-state index in [2.05, 4.69) is 27.4 Å². The van der Waals surface area contributed by atoms with Gasteiger partial charge in [0.2, 0.25) is 16.8 Å². The van der Waals surface area contributed by atoms with E-state index in [0.717, 1.165) is 30.2 Å². The lowest BCUT2D eigenvalue weighted by Gasteiger charge is -2.29. The smallest absolute Gasteiger partial charge is 0.238 e. The Kier molecular flexibility index (Phi) is 9.03. The number of piperidine rings is 1. The minimum atomic E-state index is -3.21. The zero-order chi connectivity index (χ0) is 29.6. The molecule has 0 aliphatic carbocycles. The van der Waals surface area contributed by atoms with Crippen LogP contribution >= 0.6 is 0 Å². The molecule has 0 radical (unpaired) electrons. The van der Waals surface area contributed by atoms with Crippen LogP contribution in [0, 0.1) is 5.92 Å². The van der Waals surface area contributed by atoms with Crippen molar-refractivity contribution < 1.29 is 22.7 Å². The van der Waals surface area contributed by atoms with E-state index >= 15 is 0 Å². The first-order chi connectivity index (χ1) is 20.3. The highest BCUT2D eigenvalue weighted by atomic mass is 32.2. The molecule has 1 aromatic heterocycles. The lowest BCUT2D eigenvalue weighted by Crippen LogP contribution is -2.38. The van der Waals surface area contributed by atoms with Crippen molar-refractivity contribution in [2.24, 2.45) is 5.92 Å². The number of para-hydroxylation sites is 2. The number of amides is 1. The number of anilines is 5. The summed E-state index contributed by atoms with van der Waals surface area (Å²) in [7, 11) is -0.124. The number of hydrogen-bond donors (Lipinski definition) is 3. The van der Waals surface area contributed by atoms with E-state index in [1.807, 2.05) is 12.1 Å². The van der Waals surface area contributed by atoms with Gasteiger partial charge in [-0.2, -0.15) is 0 Å². The van der Waals surface area contributed by atoms with E-state index in [-0.39, 0.29) is 24.1 Å². The van der Waals surface area contributed by atoms with Crippen molar-refractivity contribution in [3.63, 3.8) is 0 Å². The molecule has 1 amide bonds. The van der Waals surface area contributed by atoms with Gasteiger partial charge in [-0.05, 0) is 62.2 Å². The SMILES string of the molecule is COc1cc(Nc2nc3ccccc3nc2N(c2cccc(NC(=O)CN3CCC(C)CC3)c2)[SH](=O)=O)cc(OC)c1. The largest absolute Gasteiger partial charge is 0.497 e. The maximum atomic E-state index is 12.8. The number of carbonyl (C=O) groups is 1. The summed E-state index contributed by atoms with van der Waals surface area (Å²) in [6.07, 6.45) is 2.14. The van der Waals surface area contributed by atoms with E-state index in [4.69, 9.17) is 14.5 Å². The molecule has 0 saturated carbocycles. The number of nitrogens with zero attached hydrogens (tertiary/aromatic N) is 4. The fraction of sp³-hybridized carbons (Fsp3) is 0.300. The number of likely N-dealkylation sites (tertiary alicyclic amines) is 1. The van der Waals surface area contributed by atoms with Gasteiger partial charge >= 0.3 is 0 Å². The molecule has 3 aromatic carbocycles. The highest BCUT2D eigenvalue weighted by Gasteiger charge is 2.22. The van der Waals surface area contributed by atoms with Crippen LogP contribution in [0.4, 0.5) is 28.7 Å². The molecular formula is C30H34N6O5S. The second-order valence-electron chi connectivity index (χ2n) is 10.2. The van der Waals surface area contributed by atoms with E-state index in [9.17, 15) is 13.2 Å². The number of nitrogens with one attached hydrogen (secondary N) is 2. The van der Waals surface area contributed by atoms with E-state index < -0.39 is 10.9 Å². The van der Waals surface area contributed by atoms with Gasteiger partial charge in [0.15, 0.2) is 11.6 Å². The summed E-state index contributed by atoms with van der Waals surface area (Å²) in [5.74, 6) is 1.88. The summed E-state index contributed by atoms with van der Waals surface area (Å²) >= 11 is 0. The molecule has 0 spiro atoms. The average Bonchev–Trinajstić information content (AvgIpc) is 2.98. The Morgan fingerprint density at radius 3 is 2.24 bits per heavy atom. The zero-order valence-electron chi connectivity index (χ0n) is 23.7. The van der Waals surface area contributed by atoms with Crippen molar-refractivity contribution in [2.75, 3.05) is 48.8 Å². The van der Waals surface area contributed by atoms with E-state index in [0.29, 0.717) is 45.5 Å². The van der Waals surface area contributed by atoms with Crippen LogP contribution in [0.25, 0.3) is 11.0 Å². The quantitative estimate of drug-likeness (QED) is 0.225. The van der Waals surface area contributed by atoms with E-state index in [1.54, 1.807) is 68.8 Å². The number of hydrogen-bond acceptors (Lipinski definition) is 9. The second kappa shape index (κ2) is 13.0. The van der Waals surface area contributed by atoms with Crippen LogP contribution in [0.1, 0.15) is 19.8 Å². The van der Waals surface area contributed by atoms with Crippen LogP contribution in [0.3, 0.4) is 0 Å². The molecule has 0 atom stereocenters. The van der Waals surface area contributed by atoms with Crippen molar-refractivity contribution in [1.82, 2.24) is 14.9 Å². The first-order valence-corrected chi connectivity index (χ1v) is 14.8. The molecule has 0 unspecified atom stereocenters. The predicted octanol–water partition coefficient (Wildman–Crippen LogP) is 4.73. The van der Waals surface area contributed by atoms with Gasteiger partial charge in [-0.15, -0.1) is 0 Å². The van der Waals surface area contributed by atoms with Crippen LogP contribution in [0.2, 0.25) is 0 Å². The highest BCUT2D eigenvalue weighted by molar-refractivity contribution is 7.74. The number of aromatic nitrogens is 2. The highest BCUT2D eigenvalue weighted by Crippen LogP contribution is 2.35. The maximum absolute atomic E-state index is 12.8.